The second-order valence-corrected chi connectivity index (χ2v) is 6.45. The van der Waals surface area contributed by atoms with Gasteiger partial charge in [-0.25, -0.2) is 14.5 Å². The van der Waals surface area contributed by atoms with Crippen molar-refractivity contribution in [2.24, 2.45) is 5.92 Å². The van der Waals surface area contributed by atoms with Crippen LogP contribution in [0, 0.1) is 19.8 Å². The van der Waals surface area contributed by atoms with Crippen molar-refractivity contribution >= 4 is 6.03 Å². The van der Waals surface area contributed by atoms with Gasteiger partial charge in [0.2, 0.25) is 0 Å². The van der Waals surface area contributed by atoms with Gasteiger partial charge in [0.15, 0.2) is 5.82 Å². The minimum atomic E-state index is -0.0335. The summed E-state index contributed by atoms with van der Waals surface area (Å²) in [5.41, 5.74) is 2.98. The van der Waals surface area contributed by atoms with Crippen LogP contribution in [0.5, 0.6) is 0 Å². The number of hydrogen-bond donors (Lipinski definition) is 1. The number of aromatic nitrogens is 3. The summed E-state index contributed by atoms with van der Waals surface area (Å²) in [6.07, 6.45) is 1.78. The van der Waals surface area contributed by atoms with E-state index < -0.39 is 0 Å². The lowest BCUT2D eigenvalue weighted by molar-refractivity contribution is 0.193. The third kappa shape index (κ3) is 4.57. The largest absolute Gasteiger partial charge is 0.334 e. The van der Waals surface area contributed by atoms with Crippen molar-refractivity contribution < 1.29 is 4.79 Å². The average Bonchev–Trinajstić information content (AvgIpc) is 2.89. The zero-order valence-electron chi connectivity index (χ0n) is 15.2. The van der Waals surface area contributed by atoms with Gasteiger partial charge in [0, 0.05) is 31.5 Å². The number of nitrogens with zero attached hydrogens (tertiary/aromatic N) is 4. The second-order valence-electron chi connectivity index (χ2n) is 6.45. The fraction of sp³-hybridized carbons (Fsp3) is 0.500. The Labute approximate surface area is 143 Å². The lowest BCUT2D eigenvalue weighted by Crippen LogP contribution is -2.41. The van der Waals surface area contributed by atoms with Crippen LogP contribution in [0.1, 0.15) is 37.7 Å². The number of rotatable bonds is 6. The van der Waals surface area contributed by atoms with Crippen LogP contribution in [0.2, 0.25) is 0 Å². The first-order chi connectivity index (χ1) is 11.4. The van der Waals surface area contributed by atoms with Crippen LogP contribution in [0.3, 0.4) is 0 Å². The Morgan fingerprint density at radius 2 is 2.08 bits per heavy atom. The van der Waals surface area contributed by atoms with E-state index in [1.807, 2.05) is 48.6 Å². The van der Waals surface area contributed by atoms with Crippen molar-refractivity contribution in [3.8, 4) is 5.82 Å². The van der Waals surface area contributed by atoms with Crippen LogP contribution in [0.4, 0.5) is 4.79 Å². The molecule has 6 nitrogen and oxygen atoms in total. The Bertz CT molecular complexity index is 675. The molecule has 2 amide bonds. The highest BCUT2D eigenvalue weighted by molar-refractivity contribution is 5.74. The number of urea groups is 1. The average molecular weight is 329 g/mol. The van der Waals surface area contributed by atoms with Crippen LogP contribution in [-0.4, -0.2) is 38.8 Å². The van der Waals surface area contributed by atoms with Crippen LogP contribution in [-0.2, 0) is 6.54 Å². The molecule has 130 valence electrons. The number of hydrogen-bond acceptors (Lipinski definition) is 3. The summed E-state index contributed by atoms with van der Waals surface area (Å²) in [5.74, 6) is 1.24. The van der Waals surface area contributed by atoms with Gasteiger partial charge < -0.3 is 10.2 Å². The van der Waals surface area contributed by atoms with Crippen LogP contribution in [0.25, 0.3) is 5.82 Å². The third-order valence-corrected chi connectivity index (χ3v) is 3.73. The topological polar surface area (TPSA) is 63.1 Å². The quantitative estimate of drug-likeness (QED) is 0.886. The highest BCUT2D eigenvalue weighted by Crippen LogP contribution is 2.10. The Hall–Kier alpha value is -2.37. The molecule has 0 aliphatic carbocycles. The fourth-order valence-electron chi connectivity index (χ4n) is 2.59. The zero-order valence-corrected chi connectivity index (χ0v) is 15.2. The molecular formula is C18H27N5O. The summed E-state index contributed by atoms with van der Waals surface area (Å²) in [7, 11) is 0. The van der Waals surface area contributed by atoms with Crippen LogP contribution >= 0.6 is 0 Å². The first-order valence-electron chi connectivity index (χ1n) is 8.42. The Balaban J connectivity index is 1.97. The number of amides is 2. The minimum Gasteiger partial charge on any atom is -0.334 e. The molecule has 0 fully saturated rings. The molecule has 0 spiro atoms. The normalized spacial score (nSPS) is 10.9. The number of aryl methyl sites for hydroxylation is 2. The molecule has 2 heterocycles. The number of carbonyl (C=O) groups is 1. The van der Waals surface area contributed by atoms with Crippen molar-refractivity contribution in [1.29, 1.82) is 0 Å². The summed E-state index contributed by atoms with van der Waals surface area (Å²) in [6, 6.07) is 5.88. The van der Waals surface area contributed by atoms with E-state index in [2.05, 4.69) is 29.2 Å². The third-order valence-electron chi connectivity index (χ3n) is 3.73. The molecule has 0 atom stereocenters. The van der Waals surface area contributed by atoms with Crippen LogP contribution < -0.4 is 5.32 Å². The van der Waals surface area contributed by atoms with Crippen molar-refractivity contribution in [1.82, 2.24) is 25.0 Å². The highest BCUT2D eigenvalue weighted by atomic mass is 16.2. The molecule has 0 radical (unpaired) electrons. The molecule has 0 aromatic carbocycles. The number of nitrogens with one attached hydrogen (secondary N) is 1. The fourth-order valence-corrected chi connectivity index (χ4v) is 2.59. The van der Waals surface area contributed by atoms with Gasteiger partial charge in [0.05, 0.1) is 5.69 Å². The zero-order chi connectivity index (χ0) is 17.7. The molecule has 0 saturated heterocycles. The molecule has 2 aromatic rings. The van der Waals surface area contributed by atoms with Gasteiger partial charge in [0.25, 0.3) is 0 Å². The van der Waals surface area contributed by atoms with Gasteiger partial charge in [-0.15, -0.1) is 0 Å². The summed E-state index contributed by atoms with van der Waals surface area (Å²) < 4.78 is 1.82. The standard InChI is InChI=1S/C18H27N5O/c1-6-22(12-13(2)3)18(24)20-11-16-7-8-17(19-10-16)23-15(5)9-14(4)21-23/h7-10,13H,6,11-12H2,1-5H3,(H,20,24). The monoisotopic (exact) mass is 329 g/mol. The molecule has 0 bridgehead atoms. The predicted molar refractivity (Wildman–Crippen MR) is 95.2 cm³/mol. The SMILES string of the molecule is CCN(CC(C)C)C(=O)NCc1ccc(-n2nc(C)cc2C)nc1. The van der Waals surface area contributed by atoms with E-state index in [4.69, 9.17) is 0 Å². The molecule has 2 rings (SSSR count). The van der Waals surface area contributed by atoms with Crippen molar-refractivity contribution in [3.05, 3.63) is 41.3 Å². The van der Waals surface area contributed by atoms with E-state index in [-0.39, 0.29) is 6.03 Å². The van der Waals surface area contributed by atoms with E-state index in [0.717, 1.165) is 29.3 Å². The highest BCUT2D eigenvalue weighted by Gasteiger charge is 2.12. The second kappa shape index (κ2) is 7.95. The Morgan fingerprint density at radius 3 is 2.58 bits per heavy atom. The van der Waals surface area contributed by atoms with E-state index in [0.29, 0.717) is 19.0 Å². The van der Waals surface area contributed by atoms with Crippen LogP contribution in [0.15, 0.2) is 24.4 Å². The summed E-state index contributed by atoms with van der Waals surface area (Å²) >= 11 is 0. The number of carbonyl (C=O) groups excluding carboxylic acids is 1. The Kier molecular flexibility index (Phi) is 5.95. The van der Waals surface area contributed by atoms with Gasteiger partial charge >= 0.3 is 6.03 Å². The first kappa shape index (κ1) is 18.0. The van der Waals surface area contributed by atoms with E-state index in [1.165, 1.54) is 0 Å². The maximum atomic E-state index is 12.2. The number of pyridine rings is 1. The molecule has 1 N–H and O–H groups in total. The molecule has 2 aromatic heterocycles. The lowest BCUT2D eigenvalue weighted by Gasteiger charge is -2.23. The predicted octanol–water partition coefficient (Wildman–Crippen LogP) is 3.07. The Morgan fingerprint density at radius 1 is 1.33 bits per heavy atom. The van der Waals surface area contributed by atoms with Gasteiger partial charge in [-0.05, 0) is 44.4 Å². The van der Waals surface area contributed by atoms with E-state index >= 15 is 0 Å². The van der Waals surface area contributed by atoms with Gasteiger partial charge in [-0.1, -0.05) is 19.9 Å². The molecular weight excluding hydrogens is 302 g/mol. The maximum Gasteiger partial charge on any atom is 0.317 e. The summed E-state index contributed by atoms with van der Waals surface area (Å²) in [5, 5.41) is 7.38. The molecule has 0 aliphatic heterocycles. The molecule has 6 heteroatoms. The van der Waals surface area contributed by atoms with Crippen molar-refractivity contribution in [3.63, 3.8) is 0 Å². The minimum absolute atomic E-state index is 0.0335. The summed E-state index contributed by atoms with van der Waals surface area (Å²) in [6.45, 7) is 12.1. The molecule has 0 saturated carbocycles. The van der Waals surface area contributed by atoms with E-state index in [9.17, 15) is 4.79 Å². The van der Waals surface area contributed by atoms with Crippen molar-refractivity contribution in [2.75, 3.05) is 13.1 Å². The van der Waals surface area contributed by atoms with Gasteiger partial charge in [-0.2, -0.15) is 5.10 Å². The smallest absolute Gasteiger partial charge is 0.317 e. The lowest BCUT2D eigenvalue weighted by atomic mass is 10.2. The van der Waals surface area contributed by atoms with Gasteiger partial charge in [0.1, 0.15) is 0 Å². The van der Waals surface area contributed by atoms with Crippen molar-refractivity contribution in [2.45, 2.75) is 41.2 Å². The maximum absolute atomic E-state index is 12.2. The van der Waals surface area contributed by atoms with Gasteiger partial charge in [-0.3, -0.25) is 0 Å². The molecule has 0 unspecified atom stereocenters. The van der Waals surface area contributed by atoms with E-state index in [1.54, 1.807) is 6.20 Å². The molecule has 0 aliphatic rings. The molecule has 24 heavy (non-hydrogen) atoms. The first-order valence-corrected chi connectivity index (χ1v) is 8.42. The summed E-state index contributed by atoms with van der Waals surface area (Å²) in [4.78, 5) is 18.5.